The van der Waals surface area contributed by atoms with Crippen molar-refractivity contribution in [3.05, 3.63) is 53.6 Å². The SMILES string of the molecule is c1cnc(CN(Cc2ccc3c(c2)CCO3)C2CCCC2)nc1. The van der Waals surface area contributed by atoms with Crippen molar-refractivity contribution < 1.29 is 4.74 Å². The first kappa shape index (κ1) is 14.6. The van der Waals surface area contributed by atoms with Crippen molar-refractivity contribution >= 4 is 0 Å². The molecule has 1 aliphatic heterocycles. The minimum absolute atomic E-state index is 0.656. The molecule has 0 saturated heterocycles. The lowest BCUT2D eigenvalue weighted by Gasteiger charge is -2.28. The van der Waals surface area contributed by atoms with E-state index in [2.05, 4.69) is 33.1 Å². The lowest BCUT2D eigenvalue weighted by Crippen LogP contribution is -2.33. The van der Waals surface area contributed by atoms with Gasteiger partial charge in [0.25, 0.3) is 0 Å². The molecule has 23 heavy (non-hydrogen) atoms. The van der Waals surface area contributed by atoms with Gasteiger partial charge >= 0.3 is 0 Å². The quantitative estimate of drug-likeness (QED) is 0.849. The molecular weight excluding hydrogens is 286 g/mol. The molecule has 0 spiro atoms. The van der Waals surface area contributed by atoms with Gasteiger partial charge in [0, 0.05) is 31.4 Å². The Hall–Kier alpha value is -1.94. The Morgan fingerprint density at radius 1 is 1.09 bits per heavy atom. The van der Waals surface area contributed by atoms with Gasteiger partial charge in [-0.05, 0) is 36.1 Å². The summed E-state index contributed by atoms with van der Waals surface area (Å²) in [7, 11) is 0. The maximum absolute atomic E-state index is 5.62. The van der Waals surface area contributed by atoms with E-state index >= 15 is 0 Å². The van der Waals surface area contributed by atoms with E-state index in [1.165, 1.54) is 36.8 Å². The van der Waals surface area contributed by atoms with Crippen molar-refractivity contribution in [3.8, 4) is 5.75 Å². The van der Waals surface area contributed by atoms with Gasteiger partial charge in [-0.25, -0.2) is 9.97 Å². The van der Waals surface area contributed by atoms with Gasteiger partial charge in [-0.15, -0.1) is 0 Å². The summed E-state index contributed by atoms with van der Waals surface area (Å²) in [6.07, 6.45) is 9.98. The summed E-state index contributed by atoms with van der Waals surface area (Å²) in [5.74, 6) is 1.98. The van der Waals surface area contributed by atoms with Gasteiger partial charge in [0.15, 0.2) is 0 Å². The Morgan fingerprint density at radius 3 is 2.74 bits per heavy atom. The zero-order valence-corrected chi connectivity index (χ0v) is 13.4. The van der Waals surface area contributed by atoms with Crippen LogP contribution in [0.3, 0.4) is 0 Å². The van der Waals surface area contributed by atoms with E-state index in [-0.39, 0.29) is 0 Å². The molecule has 120 valence electrons. The molecule has 1 aliphatic carbocycles. The van der Waals surface area contributed by atoms with Crippen LogP contribution in [0.2, 0.25) is 0 Å². The Bertz CT molecular complexity index is 653. The number of hydrogen-bond donors (Lipinski definition) is 0. The summed E-state index contributed by atoms with van der Waals surface area (Å²) in [6, 6.07) is 9.19. The number of fused-ring (bicyclic) bond motifs is 1. The van der Waals surface area contributed by atoms with Gasteiger partial charge < -0.3 is 4.74 Å². The van der Waals surface area contributed by atoms with Gasteiger partial charge in [0.05, 0.1) is 13.2 Å². The molecule has 0 bridgehead atoms. The summed E-state index contributed by atoms with van der Waals surface area (Å²) < 4.78 is 5.62. The zero-order valence-electron chi connectivity index (χ0n) is 13.4. The lowest BCUT2D eigenvalue weighted by molar-refractivity contribution is 0.176. The van der Waals surface area contributed by atoms with Crippen molar-refractivity contribution in [3.63, 3.8) is 0 Å². The smallest absolute Gasteiger partial charge is 0.142 e. The summed E-state index contributed by atoms with van der Waals surface area (Å²) >= 11 is 0. The van der Waals surface area contributed by atoms with Crippen LogP contribution >= 0.6 is 0 Å². The Morgan fingerprint density at radius 2 is 1.91 bits per heavy atom. The summed E-state index contributed by atoms with van der Waals surface area (Å²) in [4.78, 5) is 11.4. The minimum Gasteiger partial charge on any atom is -0.493 e. The first-order valence-corrected chi connectivity index (χ1v) is 8.63. The molecular formula is C19H23N3O. The summed E-state index contributed by atoms with van der Waals surface area (Å²) in [5.41, 5.74) is 2.72. The molecule has 4 nitrogen and oxygen atoms in total. The lowest BCUT2D eigenvalue weighted by atomic mass is 10.1. The fourth-order valence-electron chi connectivity index (χ4n) is 3.75. The second-order valence-corrected chi connectivity index (χ2v) is 6.55. The second kappa shape index (κ2) is 6.67. The van der Waals surface area contributed by atoms with Crippen molar-refractivity contribution in [2.24, 2.45) is 0 Å². The highest BCUT2D eigenvalue weighted by atomic mass is 16.5. The highest BCUT2D eigenvalue weighted by molar-refractivity contribution is 5.39. The summed E-state index contributed by atoms with van der Waals surface area (Å²) in [6.45, 7) is 2.62. The van der Waals surface area contributed by atoms with Gasteiger partial charge in [-0.3, -0.25) is 4.90 Å². The average Bonchev–Trinajstić information content (AvgIpc) is 3.26. The highest BCUT2D eigenvalue weighted by Crippen LogP contribution is 2.29. The molecule has 2 aromatic rings. The molecule has 1 fully saturated rings. The van der Waals surface area contributed by atoms with Crippen LogP contribution in [0.4, 0.5) is 0 Å². The first-order chi connectivity index (χ1) is 11.4. The molecule has 1 aromatic heterocycles. The van der Waals surface area contributed by atoms with Crippen molar-refractivity contribution in [2.45, 2.75) is 51.2 Å². The molecule has 0 radical (unpaired) electrons. The topological polar surface area (TPSA) is 38.2 Å². The normalized spacial score (nSPS) is 17.4. The number of aromatic nitrogens is 2. The monoisotopic (exact) mass is 309 g/mol. The third-order valence-corrected chi connectivity index (χ3v) is 4.94. The van der Waals surface area contributed by atoms with Crippen LogP contribution in [0.5, 0.6) is 5.75 Å². The molecule has 0 unspecified atom stereocenters. The van der Waals surface area contributed by atoms with Gasteiger partial charge in [0.1, 0.15) is 11.6 Å². The van der Waals surface area contributed by atoms with Gasteiger partial charge in [-0.1, -0.05) is 25.0 Å². The molecule has 0 atom stereocenters. The Kier molecular flexibility index (Phi) is 4.24. The first-order valence-electron chi connectivity index (χ1n) is 8.63. The Labute approximate surface area is 137 Å². The van der Waals surface area contributed by atoms with Crippen LogP contribution in [0.1, 0.15) is 42.6 Å². The predicted molar refractivity (Wildman–Crippen MR) is 89.2 cm³/mol. The molecule has 1 aromatic carbocycles. The van der Waals surface area contributed by atoms with Crippen LogP contribution in [0.15, 0.2) is 36.7 Å². The van der Waals surface area contributed by atoms with E-state index in [1.54, 1.807) is 0 Å². The highest BCUT2D eigenvalue weighted by Gasteiger charge is 2.24. The van der Waals surface area contributed by atoms with E-state index in [0.717, 1.165) is 37.7 Å². The fourth-order valence-corrected chi connectivity index (χ4v) is 3.75. The molecule has 0 amide bonds. The van der Waals surface area contributed by atoms with Crippen molar-refractivity contribution in [2.75, 3.05) is 6.61 Å². The van der Waals surface area contributed by atoms with Gasteiger partial charge in [-0.2, -0.15) is 0 Å². The fraction of sp³-hybridized carbons (Fsp3) is 0.474. The zero-order chi connectivity index (χ0) is 15.5. The number of hydrogen-bond acceptors (Lipinski definition) is 4. The van der Waals surface area contributed by atoms with Crippen LogP contribution in [-0.4, -0.2) is 27.5 Å². The van der Waals surface area contributed by atoms with E-state index in [4.69, 9.17) is 4.74 Å². The number of nitrogens with zero attached hydrogens (tertiary/aromatic N) is 3. The molecule has 4 rings (SSSR count). The van der Waals surface area contributed by atoms with Crippen LogP contribution in [0, 0.1) is 0 Å². The van der Waals surface area contributed by atoms with Crippen LogP contribution in [0.25, 0.3) is 0 Å². The number of ether oxygens (including phenoxy) is 1. The molecule has 1 saturated carbocycles. The van der Waals surface area contributed by atoms with E-state index in [1.807, 2.05) is 18.5 Å². The average molecular weight is 309 g/mol. The number of benzene rings is 1. The van der Waals surface area contributed by atoms with E-state index in [0.29, 0.717) is 6.04 Å². The maximum atomic E-state index is 5.62. The van der Waals surface area contributed by atoms with E-state index in [9.17, 15) is 0 Å². The second-order valence-electron chi connectivity index (χ2n) is 6.55. The molecule has 4 heteroatoms. The summed E-state index contributed by atoms with van der Waals surface area (Å²) in [5, 5.41) is 0. The number of rotatable bonds is 5. The molecule has 2 heterocycles. The third-order valence-electron chi connectivity index (χ3n) is 4.94. The van der Waals surface area contributed by atoms with Crippen LogP contribution < -0.4 is 4.74 Å². The van der Waals surface area contributed by atoms with Crippen LogP contribution in [-0.2, 0) is 19.5 Å². The predicted octanol–water partition coefficient (Wildman–Crippen LogP) is 3.36. The largest absolute Gasteiger partial charge is 0.493 e. The van der Waals surface area contributed by atoms with Crippen molar-refractivity contribution in [1.82, 2.24) is 14.9 Å². The molecule has 0 N–H and O–H groups in total. The minimum atomic E-state index is 0.656. The molecule has 2 aliphatic rings. The Balaban J connectivity index is 1.52. The van der Waals surface area contributed by atoms with E-state index < -0.39 is 0 Å². The third kappa shape index (κ3) is 3.37. The van der Waals surface area contributed by atoms with Crippen molar-refractivity contribution in [1.29, 1.82) is 0 Å². The maximum Gasteiger partial charge on any atom is 0.142 e. The van der Waals surface area contributed by atoms with Gasteiger partial charge in [0.2, 0.25) is 0 Å². The standard InChI is InChI=1S/C19H23N3O/c1-2-5-17(4-1)22(14-19-20-9-3-10-21-19)13-15-6-7-18-16(12-15)8-11-23-18/h3,6-7,9-10,12,17H,1-2,4-5,8,11,13-14H2.